The summed E-state index contributed by atoms with van der Waals surface area (Å²) in [5.74, 6) is -0.194. The van der Waals surface area contributed by atoms with Crippen molar-refractivity contribution in [2.75, 3.05) is 13.1 Å². The fraction of sp³-hybridized carbons (Fsp3) is 0.400. The summed E-state index contributed by atoms with van der Waals surface area (Å²) >= 11 is 9.44. The van der Waals surface area contributed by atoms with Gasteiger partial charge in [0, 0.05) is 24.6 Å². The van der Waals surface area contributed by atoms with Crippen LogP contribution in [-0.4, -0.2) is 52.3 Å². The molecule has 2 aromatic rings. The van der Waals surface area contributed by atoms with Crippen LogP contribution in [0.4, 0.5) is 0 Å². The Morgan fingerprint density at radius 1 is 1.32 bits per heavy atom. The number of aromatic nitrogens is 3. The minimum absolute atomic E-state index is 0.0349. The Balaban J connectivity index is 1.73. The van der Waals surface area contributed by atoms with E-state index in [1.807, 2.05) is 0 Å². The van der Waals surface area contributed by atoms with E-state index >= 15 is 0 Å². The van der Waals surface area contributed by atoms with Crippen molar-refractivity contribution in [1.82, 2.24) is 19.7 Å². The predicted molar refractivity (Wildman–Crippen MR) is 96.3 cm³/mol. The summed E-state index contributed by atoms with van der Waals surface area (Å²) in [5.41, 5.74) is 0.408. The molecule has 25 heavy (non-hydrogen) atoms. The molecule has 3 rings (SSSR count). The summed E-state index contributed by atoms with van der Waals surface area (Å²) in [4.78, 5) is 14.3. The van der Waals surface area contributed by atoms with E-state index in [0.717, 1.165) is 4.47 Å². The maximum atomic E-state index is 12.7. The van der Waals surface area contributed by atoms with E-state index in [4.69, 9.17) is 11.6 Å². The molecule has 1 fully saturated rings. The van der Waals surface area contributed by atoms with Gasteiger partial charge in [0.05, 0.1) is 15.8 Å². The zero-order valence-electron chi connectivity index (χ0n) is 13.4. The first-order valence-corrected chi connectivity index (χ1v) is 10.3. The highest BCUT2D eigenvalue weighted by atomic mass is 79.9. The van der Waals surface area contributed by atoms with Gasteiger partial charge in [0.25, 0.3) is 5.91 Å². The lowest BCUT2D eigenvalue weighted by molar-refractivity contribution is 0.0725. The van der Waals surface area contributed by atoms with Crippen LogP contribution in [0, 0.1) is 0 Å². The first-order chi connectivity index (χ1) is 11.8. The number of piperidine rings is 1. The molecule has 1 aromatic heterocycles. The van der Waals surface area contributed by atoms with Crippen LogP contribution in [0.3, 0.4) is 0 Å². The molecule has 0 spiro atoms. The van der Waals surface area contributed by atoms with Gasteiger partial charge in [-0.05, 0) is 31.0 Å². The van der Waals surface area contributed by atoms with E-state index in [1.54, 1.807) is 30.1 Å². The van der Waals surface area contributed by atoms with E-state index in [9.17, 15) is 13.2 Å². The third kappa shape index (κ3) is 3.58. The lowest BCUT2D eigenvalue weighted by Gasteiger charge is -2.31. The highest BCUT2D eigenvalue weighted by Gasteiger charge is 2.35. The Labute approximate surface area is 159 Å². The molecule has 10 heteroatoms. The van der Waals surface area contributed by atoms with Gasteiger partial charge in [-0.1, -0.05) is 27.5 Å². The first kappa shape index (κ1) is 18.3. The molecule has 1 aliphatic heterocycles. The molecule has 1 aromatic carbocycles. The van der Waals surface area contributed by atoms with Crippen LogP contribution in [0.2, 0.25) is 5.02 Å². The summed E-state index contributed by atoms with van der Waals surface area (Å²) in [7, 11) is -1.96. The summed E-state index contributed by atoms with van der Waals surface area (Å²) in [6, 6.07) is 5.09. The number of carbonyl (C=O) groups excluding carboxylic acids is 1. The largest absolute Gasteiger partial charge is 0.339 e. The second kappa shape index (κ2) is 7.05. The number of aryl methyl sites for hydroxylation is 1. The molecule has 0 saturated carbocycles. The number of hydrogen-bond donors (Lipinski definition) is 0. The molecule has 2 heterocycles. The lowest BCUT2D eigenvalue weighted by Crippen LogP contribution is -2.43. The maximum Gasteiger partial charge on any atom is 0.255 e. The van der Waals surface area contributed by atoms with Crippen molar-refractivity contribution >= 4 is 43.3 Å². The molecule has 1 amide bonds. The molecular weight excluding hydrogens is 432 g/mol. The van der Waals surface area contributed by atoms with Crippen molar-refractivity contribution in [3.05, 3.63) is 39.6 Å². The third-order valence-corrected chi connectivity index (χ3v) is 7.30. The fourth-order valence-corrected chi connectivity index (χ4v) is 5.18. The van der Waals surface area contributed by atoms with Crippen LogP contribution in [0.1, 0.15) is 23.2 Å². The Morgan fingerprint density at radius 3 is 2.60 bits per heavy atom. The van der Waals surface area contributed by atoms with Gasteiger partial charge in [-0.2, -0.15) is 0 Å². The van der Waals surface area contributed by atoms with Gasteiger partial charge >= 0.3 is 0 Å². The summed E-state index contributed by atoms with van der Waals surface area (Å²) in [5, 5.41) is 7.11. The molecule has 1 saturated heterocycles. The molecule has 0 aliphatic carbocycles. The van der Waals surface area contributed by atoms with Crippen molar-refractivity contribution in [3.63, 3.8) is 0 Å². The molecule has 7 nitrogen and oxygen atoms in total. The number of nitrogens with zero attached hydrogens (tertiary/aromatic N) is 4. The number of likely N-dealkylation sites (tertiary alicyclic amines) is 1. The average Bonchev–Trinajstić information content (AvgIpc) is 3.03. The van der Waals surface area contributed by atoms with E-state index < -0.39 is 15.1 Å². The number of carbonyl (C=O) groups is 1. The molecule has 0 atom stereocenters. The normalized spacial score (nSPS) is 16.2. The molecule has 0 radical (unpaired) electrons. The monoisotopic (exact) mass is 446 g/mol. The highest BCUT2D eigenvalue weighted by molar-refractivity contribution is 9.10. The highest BCUT2D eigenvalue weighted by Crippen LogP contribution is 2.27. The fourth-order valence-electron chi connectivity index (χ4n) is 2.88. The maximum absolute atomic E-state index is 12.7. The van der Waals surface area contributed by atoms with Crippen LogP contribution in [0.5, 0.6) is 0 Å². The molecule has 0 N–H and O–H groups in total. The topological polar surface area (TPSA) is 85.2 Å². The van der Waals surface area contributed by atoms with Gasteiger partial charge in [0.2, 0.25) is 15.0 Å². The minimum atomic E-state index is -3.56. The van der Waals surface area contributed by atoms with E-state index in [2.05, 4.69) is 26.1 Å². The standard InChI is InChI=1S/C15H16BrClN4O3S/c1-20-9-18-19-15(20)25(23,24)11-4-6-21(7-5-11)14(22)12-8-10(16)2-3-13(12)17/h2-3,8-9,11H,4-7H2,1H3. The summed E-state index contributed by atoms with van der Waals surface area (Å²) in [6.07, 6.45) is 2.07. The van der Waals surface area contributed by atoms with Crippen molar-refractivity contribution in [2.45, 2.75) is 23.2 Å². The second-order valence-electron chi connectivity index (χ2n) is 5.89. The number of amides is 1. The number of hydrogen-bond acceptors (Lipinski definition) is 5. The summed E-state index contributed by atoms with van der Waals surface area (Å²) in [6.45, 7) is 0.701. The van der Waals surface area contributed by atoms with Crippen molar-refractivity contribution < 1.29 is 13.2 Å². The van der Waals surface area contributed by atoms with Crippen molar-refractivity contribution in [2.24, 2.45) is 7.05 Å². The van der Waals surface area contributed by atoms with Crippen LogP contribution in [0.15, 0.2) is 34.2 Å². The van der Waals surface area contributed by atoms with Crippen LogP contribution < -0.4 is 0 Å². The average molecular weight is 448 g/mol. The Morgan fingerprint density at radius 2 is 2.00 bits per heavy atom. The van der Waals surface area contributed by atoms with Crippen LogP contribution in [-0.2, 0) is 16.9 Å². The van der Waals surface area contributed by atoms with Gasteiger partial charge in [-0.25, -0.2) is 8.42 Å². The zero-order valence-corrected chi connectivity index (χ0v) is 16.6. The quantitative estimate of drug-likeness (QED) is 0.721. The number of benzene rings is 1. The first-order valence-electron chi connectivity index (χ1n) is 7.63. The van der Waals surface area contributed by atoms with Crippen molar-refractivity contribution in [1.29, 1.82) is 0 Å². The Kier molecular flexibility index (Phi) is 5.17. The molecule has 0 unspecified atom stereocenters. The van der Waals surface area contributed by atoms with E-state index in [1.165, 1.54) is 10.9 Å². The Bertz CT molecular complexity index is 907. The predicted octanol–water partition coefficient (Wildman–Crippen LogP) is 2.31. The molecule has 1 aliphatic rings. The zero-order chi connectivity index (χ0) is 18.2. The Hall–Kier alpha value is -1.45. The van der Waals surface area contributed by atoms with Gasteiger partial charge in [0.15, 0.2) is 0 Å². The number of rotatable bonds is 3. The van der Waals surface area contributed by atoms with E-state index in [-0.39, 0.29) is 11.1 Å². The molecular formula is C15H16BrClN4O3S. The van der Waals surface area contributed by atoms with Crippen molar-refractivity contribution in [3.8, 4) is 0 Å². The smallest absolute Gasteiger partial charge is 0.255 e. The molecule has 0 bridgehead atoms. The van der Waals surface area contributed by atoms with Gasteiger partial charge in [-0.15, -0.1) is 10.2 Å². The second-order valence-corrected chi connectivity index (χ2v) is 9.33. The van der Waals surface area contributed by atoms with Gasteiger partial charge in [0.1, 0.15) is 6.33 Å². The van der Waals surface area contributed by atoms with Gasteiger partial charge in [-0.3, -0.25) is 4.79 Å². The SMILES string of the molecule is Cn1cnnc1S(=O)(=O)C1CCN(C(=O)c2cc(Br)ccc2Cl)CC1. The number of halogens is 2. The van der Waals surface area contributed by atoms with Crippen LogP contribution in [0.25, 0.3) is 0 Å². The van der Waals surface area contributed by atoms with E-state index in [0.29, 0.717) is 36.5 Å². The van der Waals surface area contributed by atoms with Crippen LogP contribution >= 0.6 is 27.5 Å². The molecule has 134 valence electrons. The summed E-state index contributed by atoms with van der Waals surface area (Å²) < 4.78 is 27.5. The lowest BCUT2D eigenvalue weighted by atomic mass is 10.1. The third-order valence-electron chi connectivity index (χ3n) is 4.25. The minimum Gasteiger partial charge on any atom is -0.339 e. The number of sulfone groups is 1. The van der Waals surface area contributed by atoms with Gasteiger partial charge < -0.3 is 9.47 Å².